The van der Waals surface area contributed by atoms with E-state index in [1.165, 1.54) is 0 Å². The van der Waals surface area contributed by atoms with Gasteiger partial charge in [0, 0.05) is 0 Å². The summed E-state index contributed by atoms with van der Waals surface area (Å²) in [5.74, 6) is 0. The number of hydrogen-bond acceptors (Lipinski definition) is 2. The van der Waals surface area contributed by atoms with Crippen LogP contribution in [-0.4, -0.2) is 22.4 Å². The van der Waals surface area contributed by atoms with Crippen LogP contribution in [0.25, 0.3) is 0 Å². The molecule has 2 nitrogen and oxygen atoms in total. The molecule has 1 saturated heterocycles. The van der Waals surface area contributed by atoms with Gasteiger partial charge in [0.2, 0.25) is 0 Å². The van der Waals surface area contributed by atoms with Crippen molar-refractivity contribution in [3.8, 4) is 0 Å². The summed E-state index contributed by atoms with van der Waals surface area (Å²) >= 11 is 0. The molecule has 2 rings (SSSR count). The van der Waals surface area contributed by atoms with Gasteiger partial charge in [0.05, 0.1) is 11.2 Å². The first-order chi connectivity index (χ1) is 4.05. The Morgan fingerprint density at radius 2 is 2.11 bits per heavy atom. The van der Waals surface area contributed by atoms with Crippen LogP contribution in [0, 0.1) is 0 Å². The second-order valence-corrected chi connectivity index (χ2v) is 3.67. The van der Waals surface area contributed by atoms with E-state index >= 15 is 0 Å². The van der Waals surface area contributed by atoms with Crippen molar-refractivity contribution < 1.29 is 9.84 Å². The molecule has 2 heteroatoms. The molecule has 1 N–H and O–H groups in total. The standard InChI is InChI=1S/C7H12O2/c1-6(8)3-4-7(2)5(6)9-7/h5,8H,3-4H2,1-2H3/t5-,6-,7+/m1/s1. The van der Waals surface area contributed by atoms with E-state index in [2.05, 4.69) is 6.92 Å². The van der Waals surface area contributed by atoms with E-state index in [4.69, 9.17) is 4.74 Å². The van der Waals surface area contributed by atoms with Crippen LogP contribution >= 0.6 is 0 Å². The maximum absolute atomic E-state index is 9.54. The largest absolute Gasteiger partial charge is 0.387 e. The molecule has 1 aliphatic heterocycles. The Labute approximate surface area is 54.8 Å². The summed E-state index contributed by atoms with van der Waals surface area (Å²) in [5, 5.41) is 9.54. The van der Waals surface area contributed by atoms with Crippen LogP contribution in [0.15, 0.2) is 0 Å². The Morgan fingerprint density at radius 1 is 1.44 bits per heavy atom. The third-order valence-corrected chi connectivity index (χ3v) is 2.58. The van der Waals surface area contributed by atoms with Crippen LogP contribution < -0.4 is 0 Å². The van der Waals surface area contributed by atoms with E-state index < -0.39 is 5.60 Å². The Morgan fingerprint density at radius 3 is 2.22 bits per heavy atom. The summed E-state index contributed by atoms with van der Waals surface area (Å²) in [6.45, 7) is 3.93. The molecule has 0 bridgehead atoms. The lowest BCUT2D eigenvalue weighted by Gasteiger charge is -2.14. The molecule has 0 aromatic heterocycles. The first-order valence-electron chi connectivity index (χ1n) is 3.45. The number of fused-ring (bicyclic) bond motifs is 1. The normalized spacial score (nSPS) is 63.7. The summed E-state index contributed by atoms with van der Waals surface area (Å²) in [4.78, 5) is 0. The fraction of sp³-hybridized carbons (Fsp3) is 1.00. The number of rotatable bonds is 0. The van der Waals surface area contributed by atoms with Gasteiger partial charge in [-0.1, -0.05) is 0 Å². The first-order valence-corrected chi connectivity index (χ1v) is 3.45. The molecule has 2 aliphatic rings. The Balaban J connectivity index is 2.21. The second kappa shape index (κ2) is 1.18. The lowest BCUT2D eigenvalue weighted by atomic mass is 10.0. The van der Waals surface area contributed by atoms with Crippen molar-refractivity contribution in [2.45, 2.75) is 44.0 Å². The predicted molar refractivity (Wildman–Crippen MR) is 33.1 cm³/mol. The summed E-state index contributed by atoms with van der Waals surface area (Å²) in [7, 11) is 0. The zero-order valence-corrected chi connectivity index (χ0v) is 5.85. The molecule has 1 heterocycles. The molecule has 0 aromatic rings. The van der Waals surface area contributed by atoms with Crippen LogP contribution in [-0.2, 0) is 4.74 Å². The quantitative estimate of drug-likeness (QED) is 0.487. The maximum Gasteiger partial charge on any atom is 0.115 e. The van der Waals surface area contributed by atoms with Gasteiger partial charge in [-0.05, 0) is 26.7 Å². The molecule has 2 fully saturated rings. The van der Waals surface area contributed by atoms with Crippen molar-refractivity contribution in [1.82, 2.24) is 0 Å². The van der Waals surface area contributed by atoms with Crippen LogP contribution in [0.4, 0.5) is 0 Å². The van der Waals surface area contributed by atoms with Gasteiger partial charge in [-0.25, -0.2) is 0 Å². The van der Waals surface area contributed by atoms with Gasteiger partial charge in [0.25, 0.3) is 0 Å². The van der Waals surface area contributed by atoms with Gasteiger partial charge in [0.15, 0.2) is 0 Å². The molecule has 0 spiro atoms. The van der Waals surface area contributed by atoms with Crippen LogP contribution in [0.3, 0.4) is 0 Å². The lowest BCUT2D eigenvalue weighted by molar-refractivity contribution is 0.0185. The fourth-order valence-corrected chi connectivity index (χ4v) is 1.84. The van der Waals surface area contributed by atoms with Gasteiger partial charge in [0.1, 0.15) is 6.10 Å². The Kier molecular flexibility index (Phi) is 0.746. The number of ether oxygens (including phenoxy) is 1. The molecule has 0 amide bonds. The summed E-state index contributed by atoms with van der Waals surface area (Å²) in [6, 6.07) is 0. The summed E-state index contributed by atoms with van der Waals surface area (Å²) in [5.41, 5.74) is -0.488. The van der Waals surface area contributed by atoms with E-state index in [0.717, 1.165) is 12.8 Å². The molecule has 1 aliphatic carbocycles. The monoisotopic (exact) mass is 128 g/mol. The molecular weight excluding hydrogens is 116 g/mol. The van der Waals surface area contributed by atoms with Crippen molar-refractivity contribution in [2.75, 3.05) is 0 Å². The second-order valence-electron chi connectivity index (χ2n) is 3.67. The van der Waals surface area contributed by atoms with Crippen LogP contribution in [0.2, 0.25) is 0 Å². The first kappa shape index (κ1) is 5.69. The van der Waals surface area contributed by atoms with Gasteiger partial charge >= 0.3 is 0 Å². The molecular formula is C7H12O2. The van der Waals surface area contributed by atoms with E-state index in [1.807, 2.05) is 6.92 Å². The minimum Gasteiger partial charge on any atom is -0.387 e. The average molecular weight is 128 g/mol. The maximum atomic E-state index is 9.54. The highest BCUT2D eigenvalue weighted by molar-refractivity contribution is 5.14. The molecule has 52 valence electrons. The molecule has 0 radical (unpaired) electrons. The lowest BCUT2D eigenvalue weighted by Crippen LogP contribution is -2.27. The minimum absolute atomic E-state index is 0.0451. The van der Waals surface area contributed by atoms with Gasteiger partial charge in [-0.2, -0.15) is 0 Å². The van der Waals surface area contributed by atoms with Crippen LogP contribution in [0.5, 0.6) is 0 Å². The highest BCUT2D eigenvalue weighted by atomic mass is 16.6. The average Bonchev–Trinajstić information content (AvgIpc) is 2.35. The van der Waals surface area contributed by atoms with Crippen molar-refractivity contribution in [2.24, 2.45) is 0 Å². The van der Waals surface area contributed by atoms with Crippen LogP contribution in [0.1, 0.15) is 26.7 Å². The van der Waals surface area contributed by atoms with Crippen molar-refractivity contribution in [3.05, 3.63) is 0 Å². The summed E-state index contributed by atoms with van der Waals surface area (Å²) < 4.78 is 5.31. The van der Waals surface area contributed by atoms with Gasteiger partial charge < -0.3 is 9.84 Å². The van der Waals surface area contributed by atoms with Gasteiger partial charge in [-0.15, -0.1) is 0 Å². The number of hydrogen-bond donors (Lipinski definition) is 1. The van der Waals surface area contributed by atoms with E-state index in [0.29, 0.717) is 0 Å². The van der Waals surface area contributed by atoms with Gasteiger partial charge in [-0.3, -0.25) is 0 Å². The molecule has 3 atom stereocenters. The highest BCUT2D eigenvalue weighted by Crippen LogP contribution is 2.54. The Bertz CT molecular complexity index is 153. The topological polar surface area (TPSA) is 32.8 Å². The molecule has 1 saturated carbocycles. The Hall–Kier alpha value is -0.0800. The SMILES string of the molecule is C[C@@]1(O)CC[C@]2(C)O[C@H]12. The van der Waals surface area contributed by atoms with E-state index in [-0.39, 0.29) is 11.7 Å². The van der Waals surface area contributed by atoms with Crippen molar-refractivity contribution >= 4 is 0 Å². The highest BCUT2D eigenvalue weighted by Gasteiger charge is 2.65. The van der Waals surface area contributed by atoms with Crippen molar-refractivity contribution in [3.63, 3.8) is 0 Å². The fourth-order valence-electron chi connectivity index (χ4n) is 1.84. The van der Waals surface area contributed by atoms with E-state index in [1.54, 1.807) is 0 Å². The predicted octanol–water partition coefficient (Wildman–Crippen LogP) is 0.689. The van der Waals surface area contributed by atoms with Crippen molar-refractivity contribution in [1.29, 1.82) is 0 Å². The van der Waals surface area contributed by atoms with E-state index in [9.17, 15) is 5.11 Å². The number of epoxide rings is 1. The molecule has 0 aromatic carbocycles. The minimum atomic E-state index is -0.533. The molecule has 9 heavy (non-hydrogen) atoms. The molecule has 0 unspecified atom stereocenters. The summed E-state index contributed by atoms with van der Waals surface area (Å²) in [6.07, 6.45) is 2.05. The third kappa shape index (κ3) is 0.578. The number of aliphatic hydroxyl groups is 1. The zero-order valence-electron chi connectivity index (χ0n) is 5.85. The third-order valence-electron chi connectivity index (χ3n) is 2.58. The zero-order chi connectivity index (χ0) is 6.70. The smallest absolute Gasteiger partial charge is 0.115 e.